The van der Waals surface area contributed by atoms with Crippen LogP contribution in [0.1, 0.15) is 46.0 Å². The van der Waals surface area contributed by atoms with E-state index in [2.05, 4.69) is 4.99 Å². The largest absolute Gasteiger partial charge is 0.286 e. The normalized spacial score (nSPS) is 20.4. The highest BCUT2D eigenvalue weighted by Crippen LogP contribution is 2.34. The van der Waals surface area contributed by atoms with Gasteiger partial charge >= 0.3 is 0 Å². The third-order valence-corrected chi connectivity index (χ3v) is 8.73. The molecule has 1 aromatic heterocycles. The topological polar surface area (TPSA) is 66.8 Å². The number of aliphatic imine (C=N–C) groups is 1. The summed E-state index contributed by atoms with van der Waals surface area (Å²) in [7, 11) is -3.49. The van der Waals surface area contributed by atoms with Crippen molar-refractivity contribution in [3.63, 3.8) is 0 Å². The summed E-state index contributed by atoms with van der Waals surface area (Å²) in [4.78, 5) is 16.9. The second-order valence-electron chi connectivity index (χ2n) is 6.80. The van der Waals surface area contributed by atoms with Crippen molar-refractivity contribution in [3.8, 4) is 0 Å². The number of hydrogen-bond acceptors (Lipinski definition) is 4. The maximum Gasteiger partial charge on any atom is 0.286 e. The molecule has 5 nitrogen and oxygen atoms in total. The Morgan fingerprint density at radius 1 is 1.22 bits per heavy atom. The fraction of sp³-hybridized carbons (Fsp3) is 0.368. The van der Waals surface area contributed by atoms with Gasteiger partial charge in [0.05, 0.1) is 4.88 Å². The first-order valence-corrected chi connectivity index (χ1v) is 11.6. The lowest BCUT2D eigenvalue weighted by Crippen LogP contribution is -2.27. The molecule has 27 heavy (non-hydrogen) atoms. The van der Waals surface area contributed by atoms with Crippen LogP contribution >= 0.6 is 22.9 Å². The van der Waals surface area contributed by atoms with E-state index in [1.54, 1.807) is 12.3 Å². The first kappa shape index (κ1) is 18.8. The summed E-state index contributed by atoms with van der Waals surface area (Å²) < 4.78 is 26.9. The van der Waals surface area contributed by atoms with Gasteiger partial charge in [-0.1, -0.05) is 17.7 Å². The number of fused-ring (bicyclic) bond motifs is 1. The highest BCUT2D eigenvalue weighted by molar-refractivity contribution is 7.91. The number of halogens is 1. The molecular weight excluding hydrogens is 404 g/mol. The van der Waals surface area contributed by atoms with Crippen molar-refractivity contribution in [2.24, 2.45) is 4.99 Å². The first-order chi connectivity index (χ1) is 12.9. The van der Waals surface area contributed by atoms with Gasteiger partial charge in [0.1, 0.15) is 4.21 Å². The second kappa shape index (κ2) is 7.47. The summed E-state index contributed by atoms with van der Waals surface area (Å²) in [6, 6.07) is 8.85. The predicted molar refractivity (Wildman–Crippen MR) is 108 cm³/mol. The number of carbonyl (C=O) groups is 1. The molecule has 1 fully saturated rings. The molecule has 1 aliphatic carbocycles. The zero-order valence-electron chi connectivity index (χ0n) is 14.6. The quantitative estimate of drug-likeness (QED) is 0.696. The van der Waals surface area contributed by atoms with E-state index in [-0.39, 0.29) is 10.1 Å². The Morgan fingerprint density at radius 2 is 2.00 bits per heavy atom. The van der Waals surface area contributed by atoms with E-state index in [0.717, 1.165) is 42.6 Å². The van der Waals surface area contributed by atoms with Gasteiger partial charge in [-0.15, -0.1) is 11.3 Å². The van der Waals surface area contributed by atoms with E-state index in [4.69, 9.17) is 11.6 Å². The molecule has 1 aliphatic heterocycles. The summed E-state index contributed by atoms with van der Waals surface area (Å²) in [5, 5.41) is 0.716. The zero-order valence-corrected chi connectivity index (χ0v) is 17.0. The van der Waals surface area contributed by atoms with Gasteiger partial charge in [0.15, 0.2) is 0 Å². The van der Waals surface area contributed by atoms with Crippen molar-refractivity contribution >= 4 is 45.1 Å². The molecule has 0 N–H and O–H groups in total. The van der Waals surface area contributed by atoms with Crippen LogP contribution in [0.4, 0.5) is 0 Å². The molecular formula is C19H19ClN2O3S2. The van der Waals surface area contributed by atoms with Gasteiger partial charge in [0.2, 0.25) is 0 Å². The van der Waals surface area contributed by atoms with Crippen molar-refractivity contribution in [1.29, 1.82) is 0 Å². The number of thiophene rings is 1. The number of aryl methyl sites for hydroxylation is 1. The highest BCUT2D eigenvalue weighted by Gasteiger charge is 2.29. The molecule has 0 saturated carbocycles. The number of hydrogen-bond donors (Lipinski definition) is 0. The molecule has 0 spiro atoms. The molecule has 0 bridgehead atoms. The van der Waals surface area contributed by atoms with Gasteiger partial charge in [-0.05, 0) is 61.1 Å². The van der Waals surface area contributed by atoms with Crippen LogP contribution in [0.3, 0.4) is 0 Å². The Hall–Kier alpha value is -1.54. The van der Waals surface area contributed by atoms with Crippen molar-refractivity contribution < 1.29 is 13.2 Å². The third-order valence-electron chi connectivity index (χ3n) is 5.05. The van der Waals surface area contributed by atoms with E-state index < -0.39 is 15.9 Å². The number of carbonyl (C=O) groups excluding carboxylic acids is 1. The third kappa shape index (κ3) is 3.74. The van der Waals surface area contributed by atoms with E-state index in [9.17, 15) is 13.2 Å². The van der Waals surface area contributed by atoms with Crippen molar-refractivity contribution in [2.45, 2.75) is 35.8 Å². The van der Waals surface area contributed by atoms with Crippen LogP contribution in [0.2, 0.25) is 5.02 Å². The van der Waals surface area contributed by atoms with Crippen LogP contribution in [0, 0.1) is 0 Å². The molecule has 1 amide bonds. The molecule has 142 valence electrons. The Bertz CT molecular complexity index is 1010. The molecule has 1 aromatic carbocycles. The molecule has 1 atom stereocenters. The van der Waals surface area contributed by atoms with Crippen molar-refractivity contribution in [1.82, 2.24) is 4.31 Å². The number of sulfonamides is 1. The highest BCUT2D eigenvalue weighted by atomic mass is 35.5. The molecule has 1 saturated heterocycles. The summed E-state index contributed by atoms with van der Waals surface area (Å²) in [6.45, 7) is 1.10. The Morgan fingerprint density at radius 3 is 2.78 bits per heavy atom. The van der Waals surface area contributed by atoms with E-state index in [1.807, 2.05) is 18.2 Å². The number of benzene rings is 1. The van der Waals surface area contributed by atoms with Crippen LogP contribution in [0.5, 0.6) is 0 Å². The average molecular weight is 423 g/mol. The standard InChI is InChI=1S/C19H19ClN2O3S2/c20-15-5-6-16-13(11-15)3-4-14(16)12-21-19(23)17-7-8-18(26-17)27(24,25)22-9-1-2-10-22/h5-8,11-12,14H,1-4,9-10H2. The second-order valence-corrected chi connectivity index (χ2v) is 10.5. The van der Waals surface area contributed by atoms with Crippen LogP contribution < -0.4 is 0 Å². The minimum Gasteiger partial charge on any atom is -0.266 e. The van der Waals surface area contributed by atoms with Crippen molar-refractivity contribution in [3.05, 3.63) is 51.4 Å². The van der Waals surface area contributed by atoms with E-state index >= 15 is 0 Å². The lowest BCUT2D eigenvalue weighted by Gasteiger charge is -2.13. The molecule has 1 unspecified atom stereocenters. The number of nitrogens with zero attached hydrogens (tertiary/aromatic N) is 2. The number of amides is 1. The smallest absolute Gasteiger partial charge is 0.266 e. The van der Waals surface area contributed by atoms with Gasteiger partial charge in [0.25, 0.3) is 15.9 Å². The fourth-order valence-electron chi connectivity index (χ4n) is 3.62. The van der Waals surface area contributed by atoms with Crippen LogP contribution in [-0.4, -0.2) is 37.9 Å². The molecule has 8 heteroatoms. The maximum absolute atomic E-state index is 12.6. The molecule has 4 rings (SSSR count). The van der Waals surface area contributed by atoms with E-state index in [0.29, 0.717) is 23.0 Å². The molecule has 0 radical (unpaired) electrons. The molecule has 2 heterocycles. The summed E-state index contributed by atoms with van der Waals surface area (Å²) in [6.07, 6.45) is 5.25. The van der Waals surface area contributed by atoms with Crippen LogP contribution in [0.15, 0.2) is 39.5 Å². The minimum absolute atomic E-state index is 0.0916. The maximum atomic E-state index is 12.6. The summed E-state index contributed by atoms with van der Waals surface area (Å²) in [5.74, 6) is -0.306. The Kier molecular flexibility index (Phi) is 5.20. The zero-order chi connectivity index (χ0) is 19.0. The fourth-order valence-corrected chi connectivity index (χ4v) is 6.69. The van der Waals surface area contributed by atoms with Gasteiger partial charge in [-0.2, -0.15) is 4.31 Å². The average Bonchev–Trinajstić information content (AvgIpc) is 3.39. The van der Waals surface area contributed by atoms with Gasteiger partial charge in [-0.25, -0.2) is 13.4 Å². The monoisotopic (exact) mass is 422 g/mol. The predicted octanol–water partition coefficient (Wildman–Crippen LogP) is 4.13. The lowest BCUT2D eigenvalue weighted by molar-refractivity contribution is 0.101. The SMILES string of the molecule is O=C(N=CC1CCc2cc(Cl)ccc21)c1ccc(S(=O)(=O)N2CCCC2)s1. The van der Waals surface area contributed by atoms with Crippen LogP contribution in [0.25, 0.3) is 0 Å². The van der Waals surface area contributed by atoms with E-state index in [1.165, 1.54) is 15.9 Å². The van der Waals surface area contributed by atoms with Gasteiger partial charge in [-0.3, -0.25) is 4.79 Å². The Balaban J connectivity index is 1.49. The Labute approximate surface area is 167 Å². The minimum atomic E-state index is -3.49. The molecule has 2 aliphatic rings. The summed E-state index contributed by atoms with van der Waals surface area (Å²) in [5.41, 5.74) is 2.35. The van der Waals surface area contributed by atoms with Crippen molar-refractivity contribution in [2.75, 3.05) is 13.1 Å². The van der Waals surface area contributed by atoms with Gasteiger partial charge < -0.3 is 0 Å². The molecule has 2 aromatic rings. The number of rotatable bonds is 4. The summed E-state index contributed by atoms with van der Waals surface area (Å²) >= 11 is 7.02. The van der Waals surface area contributed by atoms with Crippen LogP contribution in [-0.2, 0) is 16.4 Å². The lowest BCUT2D eigenvalue weighted by atomic mass is 10.0. The van der Waals surface area contributed by atoms with Gasteiger partial charge in [0, 0.05) is 30.2 Å². The first-order valence-electron chi connectivity index (χ1n) is 8.92.